The topological polar surface area (TPSA) is 74.8 Å². The van der Waals surface area contributed by atoms with Crippen LogP contribution in [0.15, 0.2) is 29.1 Å². The van der Waals surface area contributed by atoms with Crippen LogP contribution in [0.4, 0.5) is 5.69 Å². The molecule has 98 valence electrons. The molecule has 6 heteroatoms. The van der Waals surface area contributed by atoms with Crippen molar-refractivity contribution in [3.05, 3.63) is 56.7 Å². The summed E-state index contributed by atoms with van der Waals surface area (Å²) in [6, 6.07) is 6.37. The zero-order valence-electron chi connectivity index (χ0n) is 10.5. The van der Waals surface area contributed by atoms with Crippen molar-refractivity contribution in [3.63, 3.8) is 0 Å². The minimum atomic E-state index is -0.478. The van der Waals surface area contributed by atoms with Crippen LogP contribution in [0.2, 0.25) is 5.15 Å². The van der Waals surface area contributed by atoms with Gasteiger partial charge in [0.1, 0.15) is 10.7 Å². The van der Waals surface area contributed by atoms with Crippen LogP contribution < -0.4 is 10.9 Å². The first-order valence-electron chi connectivity index (χ1n) is 5.62. The molecule has 0 unspecified atom stereocenters. The first-order chi connectivity index (χ1) is 8.97. The van der Waals surface area contributed by atoms with Crippen LogP contribution in [0.1, 0.15) is 21.7 Å². The predicted octanol–water partition coefficient (Wildman–Crippen LogP) is 2.29. The zero-order valence-corrected chi connectivity index (χ0v) is 11.2. The van der Waals surface area contributed by atoms with Gasteiger partial charge in [0.05, 0.1) is 11.4 Å². The molecule has 0 saturated heterocycles. The number of aromatic nitrogens is 2. The lowest BCUT2D eigenvalue weighted by Gasteiger charge is -2.07. The number of nitrogens with zero attached hydrogens (tertiary/aromatic N) is 1. The number of carbonyl (C=O) groups is 1. The molecule has 0 bridgehead atoms. The summed E-state index contributed by atoms with van der Waals surface area (Å²) in [5.41, 5.74) is 1.45. The fourth-order valence-corrected chi connectivity index (χ4v) is 1.79. The van der Waals surface area contributed by atoms with Crippen molar-refractivity contribution in [1.82, 2.24) is 9.97 Å². The molecule has 1 amide bonds. The number of H-pyrrole nitrogens is 1. The molecule has 2 aromatic rings. The molecule has 0 aromatic carbocycles. The molecule has 0 aliphatic carbocycles. The molecule has 0 fully saturated rings. The van der Waals surface area contributed by atoms with Crippen molar-refractivity contribution in [2.75, 3.05) is 5.32 Å². The smallest absolute Gasteiger partial charge is 0.261 e. The van der Waals surface area contributed by atoms with E-state index in [1.807, 2.05) is 0 Å². The van der Waals surface area contributed by atoms with Gasteiger partial charge in [0.2, 0.25) is 0 Å². The lowest BCUT2D eigenvalue weighted by Crippen LogP contribution is -2.23. The molecule has 0 spiro atoms. The van der Waals surface area contributed by atoms with Crippen LogP contribution in [0.3, 0.4) is 0 Å². The van der Waals surface area contributed by atoms with Gasteiger partial charge in [-0.1, -0.05) is 11.6 Å². The van der Waals surface area contributed by atoms with Crippen molar-refractivity contribution in [2.24, 2.45) is 0 Å². The van der Waals surface area contributed by atoms with E-state index in [0.29, 0.717) is 22.2 Å². The molecule has 2 rings (SSSR count). The van der Waals surface area contributed by atoms with Crippen LogP contribution in [0.5, 0.6) is 0 Å². The Morgan fingerprint density at radius 1 is 1.26 bits per heavy atom. The third-order valence-electron chi connectivity index (χ3n) is 2.60. The van der Waals surface area contributed by atoms with Crippen molar-refractivity contribution >= 4 is 23.2 Å². The second-order valence-electron chi connectivity index (χ2n) is 4.11. The summed E-state index contributed by atoms with van der Waals surface area (Å²) < 4.78 is 0. The number of amides is 1. The number of nitrogens with one attached hydrogen (secondary N) is 2. The number of rotatable bonds is 2. The SMILES string of the molecule is Cc1ccc(C(=O)Nc2ccc(Cl)nc2C)c(=O)[nH]1. The second kappa shape index (κ2) is 5.24. The van der Waals surface area contributed by atoms with Gasteiger partial charge in [0.25, 0.3) is 11.5 Å². The fraction of sp³-hybridized carbons (Fsp3) is 0.154. The standard InChI is InChI=1S/C13H12ClN3O2/c1-7-3-4-9(12(18)15-7)13(19)17-10-5-6-11(14)16-8(10)2/h3-6H,1-2H3,(H,15,18)(H,17,19). The normalized spacial score (nSPS) is 10.3. The molecule has 0 radical (unpaired) electrons. The minimum Gasteiger partial charge on any atom is -0.326 e. The van der Waals surface area contributed by atoms with E-state index in [1.54, 1.807) is 32.0 Å². The average molecular weight is 278 g/mol. The van der Waals surface area contributed by atoms with Gasteiger partial charge in [0, 0.05) is 5.69 Å². The largest absolute Gasteiger partial charge is 0.326 e. The number of carbonyl (C=O) groups excluding carboxylic acids is 1. The summed E-state index contributed by atoms with van der Waals surface area (Å²) in [5, 5.41) is 2.98. The van der Waals surface area contributed by atoms with E-state index in [2.05, 4.69) is 15.3 Å². The van der Waals surface area contributed by atoms with Crippen LogP contribution >= 0.6 is 11.6 Å². The Hall–Kier alpha value is -2.14. The maximum absolute atomic E-state index is 12.0. The Labute approximate surface area is 114 Å². The Morgan fingerprint density at radius 3 is 2.63 bits per heavy atom. The van der Waals surface area contributed by atoms with E-state index in [9.17, 15) is 9.59 Å². The van der Waals surface area contributed by atoms with Crippen LogP contribution in [-0.2, 0) is 0 Å². The molecule has 0 saturated carbocycles. The molecule has 2 aromatic heterocycles. The molecule has 2 N–H and O–H groups in total. The fourth-order valence-electron chi connectivity index (χ4n) is 1.60. The zero-order chi connectivity index (χ0) is 14.0. The summed E-state index contributed by atoms with van der Waals surface area (Å²) in [7, 11) is 0. The van der Waals surface area contributed by atoms with E-state index >= 15 is 0 Å². The molecule has 0 aliphatic rings. The Kier molecular flexibility index (Phi) is 3.66. The van der Waals surface area contributed by atoms with E-state index in [0.717, 1.165) is 0 Å². The van der Waals surface area contributed by atoms with Crippen molar-refractivity contribution < 1.29 is 4.79 Å². The van der Waals surface area contributed by atoms with Gasteiger partial charge >= 0.3 is 0 Å². The Morgan fingerprint density at radius 2 is 2.00 bits per heavy atom. The van der Waals surface area contributed by atoms with E-state index in [-0.39, 0.29) is 5.56 Å². The number of aryl methyl sites for hydroxylation is 2. The molecular formula is C13H12ClN3O2. The molecule has 0 aliphatic heterocycles. The first-order valence-corrected chi connectivity index (χ1v) is 5.99. The van der Waals surface area contributed by atoms with Crippen LogP contribution in [0.25, 0.3) is 0 Å². The number of anilines is 1. The summed E-state index contributed by atoms with van der Waals surface area (Å²) >= 11 is 5.73. The summed E-state index contributed by atoms with van der Waals surface area (Å²) in [4.78, 5) is 30.2. The maximum Gasteiger partial charge on any atom is 0.261 e. The molecule has 2 heterocycles. The van der Waals surface area contributed by atoms with Gasteiger partial charge in [-0.2, -0.15) is 0 Å². The Balaban J connectivity index is 2.28. The summed E-state index contributed by atoms with van der Waals surface area (Å²) in [5.74, 6) is -0.478. The lowest BCUT2D eigenvalue weighted by atomic mass is 10.2. The quantitative estimate of drug-likeness (QED) is 0.827. The first kappa shape index (κ1) is 13.3. The highest BCUT2D eigenvalue weighted by atomic mass is 35.5. The van der Waals surface area contributed by atoms with Gasteiger partial charge < -0.3 is 10.3 Å². The van der Waals surface area contributed by atoms with Gasteiger partial charge in [-0.05, 0) is 38.1 Å². The van der Waals surface area contributed by atoms with Crippen molar-refractivity contribution in [3.8, 4) is 0 Å². The second-order valence-corrected chi connectivity index (χ2v) is 4.49. The third kappa shape index (κ3) is 3.00. The number of hydrogen-bond acceptors (Lipinski definition) is 3. The maximum atomic E-state index is 12.0. The van der Waals surface area contributed by atoms with Crippen molar-refractivity contribution in [2.45, 2.75) is 13.8 Å². The van der Waals surface area contributed by atoms with Gasteiger partial charge in [0.15, 0.2) is 0 Å². The number of pyridine rings is 2. The molecule has 0 atom stereocenters. The number of halogens is 1. The van der Waals surface area contributed by atoms with Gasteiger partial charge in [-0.3, -0.25) is 9.59 Å². The van der Waals surface area contributed by atoms with Crippen molar-refractivity contribution in [1.29, 1.82) is 0 Å². The van der Waals surface area contributed by atoms with Gasteiger partial charge in [-0.25, -0.2) is 4.98 Å². The highest BCUT2D eigenvalue weighted by Crippen LogP contribution is 2.16. The highest BCUT2D eigenvalue weighted by Gasteiger charge is 2.12. The molecule has 19 heavy (non-hydrogen) atoms. The van der Waals surface area contributed by atoms with E-state index in [1.165, 1.54) is 6.07 Å². The van der Waals surface area contributed by atoms with Crippen LogP contribution in [-0.4, -0.2) is 15.9 Å². The predicted molar refractivity (Wildman–Crippen MR) is 73.7 cm³/mol. The highest BCUT2D eigenvalue weighted by molar-refractivity contribution is 6.29. The molecular weight excluding hydrogens is 266 g/mol. The lowest BCUT2D eigenvalue weighted by molar-refractivity contribution is 0.102. The van der Waals surface area contributed by atoms with Crippen LogP contribution in [0, 0.1) is 13.8 Å². The minimum absolute atomic E-state index is 0.0555. The Bertz CT molecular complexity index is 695. The number of hydrogen-bond donors (Lipinski definition) is 2. The van der Waals surface area contributed by atoms with Gasteiger partial charge in [-0.15, -0.1) is 0 Å². The average Bonchev–Trinajstić information content (AvgIpc) is 2.32. The third-order valence-corrected chi connectivity index (χ3v) is 2.81. The number of aromatic amines is 1. The van der Waals surface area contributed by atoms with E-state index < -0.39 is 11.5 Å². The monoisotopic (exact) mass is 277 g/mol. The summed E-state index contributed by atoms with van der Waals surface area (Å²) in [6.07, 6.45) is 0. The molecule has 5 nitrogen and oxygen atoms in total. The summed E-state index contributed by atoms with van der Waals surface area (Å²) in [6.45, 7) is 3.47. The van der Waals surface area contributed by atoms with E-state index in [4.69, 9.17) is 11.6 Å².